The minimum atomic E-state index is -0.344. The van der Waals surface area contributed by atoms with E-state index in [1.165, 1.54) is 6.92 Å². The van der Waals surface area contributed by atoms with Crippen LogP contribution in [0.15, 0.2) is 24.3 Å². The first kappa shape index (κ1) is 20.0. The summed E-state index contributed by atoms with van der Waals surface area (Å²) in [4.78, 5) is 40.9. The van der Waals surface area contributed by atoms with Gasteiger partial charge in [0.1, 0.15) is 0 Å². The van der Waals surface area contributed by atoms with Crippen LogP contribution in [0.5, 0.6) is 0 Å². The molecule has 0 bridgehead atoms. The molecule has 0 unspecified atom stereocenters. The van der Waals surface area contributed by atoms with Crippen molar-refractivity contribution in [2.75, 3.05) is 44.2 Å². The van der Waals surface area contributed by atoms with Crippen LogP contribution in [0.25, 0.3) is 0 Å². The summed E-state index contributed by atoms with van der Waals surface area (Å²) in [5, 5.41) is 0.537. The molecule has 0 atom stereocenters. The average molecular weight is 382 g/mol. The van der Waals surface area contributed by atoms with Gasteiger partial charge in [0.15, 0.2) is 0 Å². The number of rotatable bonds is 5. The number of hydrogen-bond acceptors (Lipinski definition) is 4. The van der Waals surface area contributed by atoms with Crippen molar-refractivity contribution in [2.45, 2.75) is 20.3 Å². The van der Waals surface area contributed by atoms with E-state index in [9.17, 15) is 14.4 Å². The fourth-order valence-corrected chi connectivity index (χ4v) is 3.02. The Bertz CT molecular complexity index is 660. The number of benzene rings is 1. The van der Waals surface area contributed by atoms with Crippen LogP contribution in [0.3, 0.4) is 0 Å². The average Bonchev–Trinajstić information content (AvgIpc) is 2.62. The van der Waals surface area contributed by atoms with Crippen molar-refractivity contribution >= 4 is 35.2 Å². The number of ether oxygens (including phenoxy) is 1. The van der Waals surface area contributed by atoms with E-state index >= 15 is 0 Å². The van der Waals surface area contributed by atoms with E-state index in [0.717, 1.165) is 0 Å². The number of anilines is 1. The van der Waals surface area contributed by atoms with Gasteiger partial charge in [0.25, 0.3) is 0 Å². The molecule has 7 nitrogen and oxygen atoms in total. The van der Waals surface area contributed by atoms with Crippen LogP contribution in [-0.2, 0) is 14.3 Å². The SMILES string of the molecule is CCOC(=O)N1CCN(C(=O)CCN(C(C)=O)c2cccc(Cl)c2)CC1. The van der Waals surface area contributed by atoms with E-state index in [2.05, 4.69) is 0 Å². The normalized spacial score (nSPS) is 14.1. The van der Waals surface area contributed by atoms with Crippen molar-refractivity contribution in [3.63, 3.8) is 0 Å². The molecule has 0 aromatic heterocycles. The van der Waals surface area contributed by atoms with Gasteiger partial charge in [-0.05, 0) is 25.1 Å². The molecule has 3 amide bonds. The Hall–Kier alpha value is -2.28. The molecule has 2 rings (SSSR count). The summed E-state index contributed by atoms with van der Waals surface area (Å²) in [6.07, 6.45) is -0.130. The second-order valence-corrected chi connectivity index (χ2v) is 6.40. The highest BCUT2D eigenvalue weighted by atomic mass is 35.5. The maximum Gasteiger partial charge on any atom is 0.409 e. The van der Waals surface area contributed by atoms with Gasteiger partial charge in [0.05, 0.1) is 6.61 Å². The van der Waals surface area contributed by atoms with Gasteiger partial charge in [-0.15, -0.1) is 0 Å². The minimum Gasteiger partial charge on any atom is -0.450 e. The molecule has 0 spiro atoms. The first-order valence-electron chi connectivity index (χ1n) is 8.65. The molecule has 1 saturated heterocycles. The molecule has 1 aromatic rings. The van der Waals surface area contributed by atoms with Crippen LogP contribution in [0.4, 0.5) is 10.5 Å². The Kier molecular flexibility index (Phi) is 7.26. The summed E-state index contributed by atoms with van der Waals surface area (Å²) in [5.74, 6) is -0.186. The summed E-state index contributed by atoms with van der Waals surface area (Å²) in [7, 11) is 0. The van der Waals surface area contributed by atoms with Crippen LogP contribution in [0, 0.1) is 0 Å². The van der Waals surface area contributed by atoms with Gasteiger partial charge in [0, 0.05) is 56.8 Å². The van der Waals surface area contributed by atoms with Gasteiger partial charge in [0.2, 0.25) is 11.8 Å². The van der Waals surface area contributed by atoms with E-state index < -0.39 is 0 Å². The number of hydrogen-bond donors (Lipinski definition) is 0. The largest absolute Gasteiger partial charge is 0.450 e. The molecule has 0 N–H and O–H groups in total. The van der Waals surface area contributed by atoms with Crippen LogP contribution in [-0.4, -0.2) is 67.0 Å². The van der Waals surface area contributed by atoms with E-state index in [-0.39, 0.29) is 30.9 Å². The zero-order valence-corrected chi connectivity index (χ0v) is 15.9. The van der Waals surface area contributed by atoms with Crippen molar-refractivity contribution < 1.29 is 19.1 Å². The molecule has 0 saturated carbocycles. The van der Waals surface area contributed by atoms with E-state index in [1.807, 2.05) is 0 Å². The Morgan fingerprint density at radius 2 is 1.81 bits per heavy atom. The van der Waals surface area contributed by atoms with Gasteiger partial charge in [-0.2, -0.15) is 0 Å². The molecular formula is C18H24ClN3O4. The zero-order valence-electron chi connectivity index (χ0n) is 15.1. The number of piperazine rings is 1. The summed E-state index contributed by atoms with van der Waals surface area (Å²) in [5.41, 5.74) is 0.671. The van der Waals surface area contributed by atoms with Crippen molar-refractivity contribution in [3.05, 3.63) is 29.3 Å². The Morgan fingerprint density at radius 3 is 2.38 bits per heavy atom. The third-order valence-electron chi connectivity index (χ3n) is 4.21. The molecule has 26 heavy (non-hydrogen) atoms. The lowest BCUT2D eigenvalue weighted by atomic mass is 10.2. The van der Waals surface area contributed by atoms with E-state index in [0.29, 0.717) is 43.5 Å². The van der Waals surface area contributed by atoms with Crippen molar-refractivity contribution in [3.8, 4) is 0 Å². The summed E-state index contributed by atoms with van der Waals surface area (Å²) in [6.45, 7) is 5.69. The van der Waals surface area contributed by atoms with Crippen LogP contribution < -0.4 is 4.90 Å². The van der Waals surface area contributed by atoms with Crippen molar-refractivity contribution in [1.82, 2.24) is 9.80 Å². The first-order valence-corrected chi connectivity index (χ1v) is 9.03. The Balaban J connectivity index is 1.87. The second-order valence-electron chi connectivity index (χ2n) is 5.97. The predicted molar refractivity (Wildman–Crippen MR) is 99.3 cm³/mol. The quantitative estimate of drug-likeness (QED) is 0.785. The molecule has 142 valence electrons. The number of carbonyl (C=O) groups excluding carboxylic acids is 3. The third kappa shape index (κ3) is 5.36. The van der Waals surface area contributed by atoms with Gasteiger partial charge in [-0.1, -0.05) is 17.7 Å². The van der Waals surface area contributed by atoms with Gasteiger partial charge in [-0.3, -0.25) is 9.59 Å². The Morgan fingerprint density at radius 1 is 1.15 bits per heavy atom. The fourth-order valence-electron chi connectivity index (χ4n) is 2.83. The lowest BCUT2D eigenvalue weighted by molar-refractivity contribution is -0.132. The summed E-state index contributed by atoms with van der Waals surface area (Å²) < 4.78 is 4.97. The van der Waals surface area contributed by atoms with Crippen LogP contribution in [0.2, 0.25) is 5.02 Å². The van der Waals surface area contributed by atoms with Gasteiger partial charge < -0.3 is 19.4 Å². The smallest absolute Gasteiger partial charge is 0.409 e. The number of nitrogens with zero attached hydrogens (tertiary/aromatic N) is 3. The monoisotopic (exact) mass is 381 g/mol. The summed E-state index contributed by atoms with van der Waals surface area (Å²) >= 11 is 5.98. The molecule has 1 aliphatic rings. The van der Waals surface area contributed by atoms with Gasteiger partial charge in [-0.25, -0.2) is 4.79 Å². The number of amides is 3. The maximum atomic E-state index is 12.5. The summed E-state index contributed by atoms with van der Waals surface area (Å²) in [6, 6.07) is 6.99. The molecule has 8 heteroatoms. The lowest BCUT2D eigenvalue weighted by Gasteiger charge is -2.34. The van der Waals surface area contributed by atoms with Crippen LogP contribution >= 0.6 is 11.6 Å². The van der Waals surface area contributed by atoms with Crippen molar-refractivity contribution in [2.24, 2.45) is 0 Å². The first-order chi connectivity index (χ1) is 12.4. The molecule has 1 aromatic carbocycles. The van der Waals surface area contributed by atoms with E-state index in [4.69, 9.17) is 16.3 Å². The van der Waals surface area contributed by atoms with Crippen LogP contribution in [0.1, 0.15) is 20.3 Å². The fraction of sp³-hybridized carbons (Fsp3) is 0.500. The lowest BCUT2D eigenvalue weighted by Crippen LogP contribution is -2.51. The molecule has 1 fully saturated rings. The Labute approximate surface area is 158 Å². The maximum absolute atomic E-state index is 12.5. The standard InChI is InChI=1S/C18H24ClN3O4/c1-3-26-18(25)21-11-9-20(10-12-21)17(24)7-8-22(14(2)23)16-6-4-5-15(19)13-16/h4-6,13H,3,7-12H2,1-2H3. The van der Waals surface area contributed by atoms with Crippen molar-refractivity contribution in [1.29, 1.82) is 0 Å². The molecule has 0 aliphatic carbocycles. The van der Waals surface area contributed by atoms with E-state index in [1.54, 1.807) is 45.9 Å². The third-order valence-corrected chi connectivity index (χ3v) is 4.44. The molecular weight excluding hydrogens is 358 g/mol. The second kappa shape index (κ2) is 9.43. The number of carbonyl (C=O) groups is 3. The molecule has 1 heterocycles. The highest BCUT2D eigenvalue weighted by Crippen LogP contribution is 2.20. The topological polar surface area (TPSA) is 70.2 Å². The minimum absolute atomic E-state index is 0.0400. The highest BCUT2D eigenvalue weighted by Gasteiger charge is 2.25. The zero-order chi connectivity index (χ0) is 19.1. The molecule has 0 radical (unpaired) electrons. The molecule has 1 aliphatic heterocycles. The highest BCUT2D eigenvalue weighted by molar-refractivity contribution is 6.30. The van der Waals surface area contributed by atoms with Gasteiger partial charge >= 0.3 is 6.09 Å². The predicted octanol–water partition coefficient (Wildman–Crippen LogP) is 2.38. The number of halogens is 1.